The molecule has 0 saturated carbocycles. The summed E-state index contributed by atoms with van der Waals surface area (Å²) in [6.07, 6.45) is -3.40. The molecule has 1 atom stereocenters. The van der Waals surface area contributed by atoms with Gasteiger partial charge in [-0.15, -0.1) is 24.0 Å². The molecule has 0 spiro atoms. The topological polar surface area (TPSA) is 51.2 Å². The summed E-state index contributed by atoms with van der Waals surface area (Å²) in [6.45, 7) is 7.91. The van der Waals surface area contributed by atoms with Gasteiger partial charge in [0.2, 0.25) is 5.91 Å². The van der Waals surface area contributed by atoms with Crippen molar-refractivity contribution in [3.63, 3.8) is 0 Å². The van der Waals surface area contributed by atoms with Crippen LogP contribution in [0.3, 0.4) is 0 Å². The lowest BCUT2D eigenvalue weighted by atomic mass is 10.1. The minimum atomic E-state index is -4.38. The molecule has 1 amide bonds. The van der Waals surface area contributed by atoms with E-state index in [9.17, 15) is 18.0 Å². The number of aliphatic imine (C=N–C) groups is 1. The van der Waals surface area contributed by atoms with Gasteiger partial charge < -0.3 is 15.1 Å². The maximum Gasteiger partial charge on any atom is 0.416 e. The van der Waals surface area contributed by atoms with Crippen molar-refractivity contribution in [2.75, 3.05) is 46.8 Å². The highest BCUT2D eigenvalue weighted by Crippen LogP contribution is 2.29. The van der Waals surface area contributed by atoms with Gasteiger partial charge in [0.15, 0.2) is 5.96 Å². The summed E-state index contributed by atoms with van der Waals surface area (Å²) in [5.41, 5.74) is -0.210. The number of hydrogen-bond acceptors (Lipinski definition) is 3. The van der Waals surface area contributed by atoms with Gasteiger partial charge in [0.25, 0.3) is 0 Å². The molecule has 0 bridgehead atoms. The number of halogens is 4. The van der Waals surface area contributed by atoms with Gasteiger partial charge in [0.1, 0.15) is 0 Å². The van der Waals surface area contributed by atoms with E-state index < -0.39 is 11.7 Å². The van der Waals surface area contributed by atoms with Crippen LogP contribution in [0.5, 0.6) is 0 Å². The number of rotatable bonds is 7. The highest BCUT2D eigenvalue weighted by atomic mass is 127. The molecule has 0 aliphatic carbocycles. The predicted molar refractivity (Wildman–Crippen MR) is 128 cm³/mol. The van der Waals surface area contributed by atoms with E-state index in [0.29, 0.717) is 17.6 Å². The molecular weight excluding hydrogens is 522 g/mol. The van der Waals surface area contributed by atoms with Crippen molar-refractivity contribution < 1.29 is 18.0 Å². The second kappa shape index (κ2) is 12.5. The van der Waals surface area contributed by atoms with E-state index in [0.717, 1.165) is 44.7 Å². The molecule has 6 nitrogen and oxygen atoms in total. The van der Waals surface area contributed by atoms with Crippen LogP contribution in [0.25, 0.3) is 0 Å². The van der Waals surface area contributed by atoms with Gasteiger partial charge >= 0.3 is 6.18 Å². The Kier molecular flexibility index (Phi) is 11.1. The Morgan fingerprint density at radius 2 is 1.94 bits per heavy atom. The van der Waals surface area contributed by atoms with Crippen LogP contribution in [0.1, 0.15) is 31.4 Å². The zero-order valence-electron chi connectivity index (χ0n) is 18.6. The van der Waals surface area contributed by atoms with Crippen LogP contribution in [0.15, 0.2) is 29.3 Å². The predicted octanol–water partition coefficient (Wildman–Crippen LogP) is 3.27. The standard InChI is InChI=1S/C21H32F3N5O.HI/c1-5-28(6-2)18-10-11-29(15-18)20(26-14-19(30)27(3)4)25-13-16-8-7-9-17(12-16)21(22,23)24;/h7-9,12,18H,5-6,10-11,13-15H2,1-4H3,(H,25,26);1H. The number of nitrogens with one attached hydrogen (secondary N) is 1. The summed E-state index contributed by atoms with van der Waals surface area (Å²) in [7, 11) is 3.35. The van der Waals surface area contributed by atoms with Gasteiger partial charge in [-0.3, -0.25) is 9.69 Å². The maximum absolute atomic E-state index is 13.0. The summed E-state index contributed by atoms with van der Waals surface area (Å²) in [5, 5.41) is 3.10. The lowest BCUT2D eigenvalue weighted by molar-refractivity contribution is -0.137. The quantitative estimate of drug-likeness (QED) is 0.319. The fraction of sp³-hybridized carbons (Fsp3) is 0.619. The summed E-state index contributed by atoms with van der Waals surface area (Å²) in [6, 6.07) is 5.59. The summed E-state index contributed by atoms with van der Waals surface area (Å²) < 4.78 is 38.9. The molecule has 1 aromatic carbocycles. The lowest BCUT2D eigenvalue weighted by Crippen LogP contribution is -2.46. The molecule has 0 radical (unpaired) electrons. The van der Waals surface area contributed by atoms with E-state index in [1.807, 2.05) is 0 Å². The Morgan fingerprint density at radius 1 is 1.26 bits per heavy atom. The Bertz CT molecular complexity index is 738. The third kappa shape index (κ3) is 8.13. The summed E-state index contributed by atoms with van der Waals surface area (Å²) >= 11 is 0. The molecule has 2 rings (SSSR count). The number of amides is 1. The molecule has 1 saturated heterocycles. The average Bonchev–Trinajstić information content (AvgIpc) is 3.18. The van der Waals surface area contributed by atoms with E-state index in [-0.39, 0.29) is 43.0 Å². The van der Waals surface area contributed by atoms with Crippen molar-refractivity contribution >= 4 is 35.8 Å². The summed E-state index contributed by atoms with van der Waals surface area (Å²) in [4.78, 5) is 22.5. The molecule has 1 fully saturated rings. The van der Waals surface area contributed by atoms with Crippen molar-refractivity contribution in [1.29, 1.82) is 0 Å². The first-order valence-corrected chi connectivity index (χ1v) is 10.3. The fourth-order valence-corrected chi connectivity index (χ4v) is 3.56. The number of carbonyl (C=O) groups is 1. The van der Waals surface area contributed by atoms with Crippen LogP contribution in [-0.4, -0.2) is 79.4 Å². The highest BCUT2D eigenvalue weighted by Gasteiger charge is 2.31. The van der Waals surface area contributed by atoms with E-state index >= 15 is 0 Å². The van der Waals surface area contributed by atoms with Gasteiger partial charge in [-0.2, -0.15) is 13.2 Å². The lowest BCUT2D eigenvalue weighted by Gasteiger charge is -2.27. The molecule has 1 N–H and O–H groups in total. The molecule has 1 unspecified atom stereocenters. The van der Waals surface area contributed by atoms with Crippen LogP contribution in [-0.2, 0) is 17.5 Å². The van der Waals surface area contributed by atoms with Crippen molar-refractivity contribution in [2.45, 2.75) is 39.0 Å². The Hall–Kier alpha value is -1.56. The molecule has 176 valence electrons. The first kappa shape index (κ1) is 27.5. The number of likely N-dealkylation sites (N-methyl/N-ethyl adjacent to an activating group) is 2. The number of likely N-dealkylation sites (tertiary alicyclic amines) is 1. The van der Waals surface area contributed by atoms with Gasteiger partial charge in [0.05, 0.1) is 18.7 Å². The van der Waals surface area contributed by atoms with Crippen molar-refractivity contribution in [3.05, 3.63) is 35.4 Å². The van der Waals surface area contributed by atoms with Gasteiger partial charge in [-0.05, 0) is 37.2 Å². The fourth-order valence-electron chi connectivity index (χ4n) is 3.56. The van der Waals surface area contributed by atoms with E-state index in [1.165, 1.54) is 11.0 Å². The molecule has 0 aromatic heterocycles. The van der Waals surface area contributed by atoms with Gasteiger partial charge in [-0.25, -0.2) is 4.99 Å². The maximum atomic E-state index is 13.0. The van der Waals surface area contributed by atoms with E-state index in [1.54, 1.807) is 20.2 Å². The molecule has 31 heavy (non-hydrogen) atoms. The van der Waals surface area contributed by atoms with Crippen LogP contribution >= 0.6 is 24.0 Å². The number of guanidine groups is 1. The van der Waals surface area contributed by atoms with Gasteiger partial charge in [0, 0.05) is 33.2 Å². The molecule has 10 heteroatoms. The average molecular weight is 555 g/mol. The van der Waals surface area contributed by atoms with Crippen molar-refractivity contribution in [1.82, 2.24) is 20.0 Å². The second-order valence-corrected chi connectivity index (χ2v) is 7.59. The highest BCUT2D eigenvalue weighted by molar-refractivity contribution is 14.0. The molecule has 1 aromatic rings. The van der Waals surface area contributed by atoms with Crippen LogP contribution < -0.4 is 5.32 Å². The Labute approximate surface area is 199 Å². The smallest absolute Gasteiger partial charge is 0.347 e. The van der Waals surface area contributed by atoms with Crippen LogP contribution in [0.2, 0.25) is 0 Å². The van der Waals surface area contributed by atoms with Crippen LogP contribution in [0.4, 0.5) is 13.2 Å². The SMILES string of the molecule is CCN(CC)C1CCN(C(=NCc2cccc(C(F)(F)F)c2)NCC(=O)N(C)C)C1.I. The number of alkyl halides is 3. The normalized spacial score (nSPS) is 17.0. The largest absolute Gasteiger partial charge is 0.416 e. The minimum Gasteiger partial charge on any atom is -0.347 e. The third-order valence-electron chi connectivity index (χ3n) is 5.35. The monoisotopic (exact) mass is 555 g/mol. The molecule has 1 heterocycles. The summed E-state index contributed by atoms with van der Waals surface area (Å²) in [5.74, 6) is 0.457. The molecule has 1 aliphatic rings. The number of benzene rings is 1. The zero-order valence-corrected chi connectivity index (χ0v) is 20.9. The zero-order chi connectivity index (χ0) is 22.3. The van der Waals surface area contributed by atoms with E-state index in [4.69, 9.17) is 0 Å². The Balaban J connectivity index is 0.00000480. The number of hydrogen-bond donors (Lipinski definition) is 1. The van der Waals surface area contributed by atoms with Gasteiger partial charge in [-0.1, -0.05) is 26.0 Å². The molecular formula is C21H33F3IN5O. The van der Waals surface area contributed by atoms with Crippen LogP contribution in [0, 0.1) is 0 Å². The minimum absolute atomic E-state index is 0. The molecule has 1 aliphatic heterocycles. The van der Waals surface area contributed by atoms with Crippen molar-refractivity contribution in [3.8, 4) is 0 Å². The number of carbonyl (C=O) groups excluding carboxylic acids is 1. The first-order chi connectivity index (χ1) is 14.2. The first-order valence-electron chi connectivity index (χ1n) is 10.3. The third-order valence-corrected chi connectivity index (χ3v) is 5.35. The van der Waals surface area contributed by atoms with Crippen molar-refractivity contribution in [2.24, 2.45) is 4.99 Å². The second-order valence-electron chi connectivity index (χ2n) is 7.59. The van der Waals surface area contributed by atoms with E-state index in [2.05, 4.69) is 34.0 Å². The Morgan fingerprint density at radius 3 is 2.52 bits per heavy atom. The number of nitrogens with zero attached hydrogens (tertiary/aromatic N) is 4.